The van der Waals surface area contributed by atoms with Crippen LogP contribution in [0.2, 0.25) is 0 Å². The Morgan fingerprint density at radius 1 is 0.738 bits per heavy atom. The zero-order chi connectivity index (χ0) is 29.9. The summed E-state index contributed by atoms with van der Waals surface area (Å²) in [5.41, 5.74) is 5.38. The number of hydrogen-bond donors (Lipinski definition) is 7. The first-order valence-electron chi connectivity index (χ1n) is 12.7. The van der Waals surface area contributed by atoms with Crippen molar-refractivity contribution in [1.29, 1.82) is 0 Å². The molecule has 42 heavy (non-hydrogen) atoms. The average molecular weight is 672 g/mol. The van der Waals surface area contributed by atoms with Gasteiger partial charge in [0.05, 0.1) is 24.3 Å². The number of carbonyl (C=O) groups is 4. The first-order chi connectivity index (χ1) is 19.6. The number of rotatable bonds is 2. The predicted molar refractivity (Wildman–Crippen MR) is 145 cm³/mol. The zero-order valence-corrected chi connectivity index (χ0v) is 24.9. The van der Waals surface area contributed by atoms with Gasteiger partial charge in [0.15, 0.2) is 0 Å². The van der Waals surface area contributed by atoms with Crippen molar-refractivity contribution in [3.63, 3.8) is 0 Å². The van der Waals surface area contributed by atoms with E-state index in [-0.39, 0.29) is 89.0 Å². The molecule has 0 saturated carbocycles. The van der Waals surface area contributed by atoms with E-state index >= 15 is 0 Å². The number of carbonyl (C=O) groups excluding carboxylic acids is 4. The fourth-order valence-corrected chi connectivity index (χ4v) is 4.38. The van der Waals surface area contributed by atoms with Crippen molar-refractivity contribution in [3.8, 4) is 0 Å². The molecule has 1 radical (unpaired) electrons. The molecular formula is C24H32CuN8O7S2+2. The van der Waals surface area contributed by atoms with E-state index in [2.05, 4.69) is 21.3 Å². The number of nitrogens with zero attached hydrogens (tertiary/aromatic N) is 3. The molecule has 0 fully saturated rings. The van der Waals surface area contributed by atoms with Gasteiger partial charge in [-0.1, -0.05) is 0 Å². The Morgan fingerprint density at radius 2 is 1.14 bits per heavy atom. The van der Waals surface area contributed by atoms with E-state index in [1.165, 1.54) is 24.3 Å². The van der Waals surface area contributed by atoms with Crippen molar-refractivity contribution in [1.82, 2.24) is 26.2 Å². The van der Waals surface area contributed by atoms with Crippen LogP contribution in [0.4, 0.5) is 0 Å². The monoisotopic (exact) mass is 671 g/mol. The molecular weight excluding hydrogens is 640 g/mol. The first-order valence-corrected chi connectivity index (χ1v) is 13.5. The van der Waals surface area contributed by atoms with Crippen molar-refractivity contribution in [2.75, 3.05) is 65.6 Å². The maximum Gasteiger partial charge on any atom is 2.00 e. The molecule has 0 aliphatic carbocycles. The number of ether oxygens (including phenoxy) is 1. The Labute approximate surface area is 263 Å². The van der Waals surface area contributed by atoms with Gasteiger partial charge < -0.3 is 57.0 Å². The van der Waals surface area contributed by atoms with Crippen molar-refractivity contribution >= 4 is 48.9 Å². The number of amides is 4. The molecule has 0 saturated heterocycles. The van der Waals surface area contributed by atoms with Crippen LogP contribution in [0.25, 0.3) is 0 Å². The molecule has 15 nitrogen and oxygen atoms in total. The Balaban J connectivity index is 0.00000616. The van der Waals surface area contributed by atoms with Gasteiger partial charge in [0.2, 0.25) is 0 Å². The van der Waals surface area contributed by atoms with Gasteiger partial charge in [-0.15, -0.1) is 0 Å². The van der Waals surface area contributed by atoms with Gasteiger partial charge in [0, 0.05) is 64.5 Å². The smallest absolute Gasteiger partial charge is 0.705 e. The van der Waals surface area contributed by atoms with Gasteiger partial charge in [0.25, 0.3) is 11.8 Å². The molecule has 4 aliphatic rings. The Hall–Kier alpha value is -3.38. The first kappa shape index (κ1) is 34.8. The van der Waals surface area contributed by atoms with Gasteiger partial charge in [-0.25, -0.2) is 0 Å². The number of nitrogens with one attached hydrogen (secondary N) is 4. The Kier molecular flexibility index (Phi) is 14.0. The molecule has 8 N–H and O–H groups in total. The molecule has 0 spiro atoms. The van der Waals surface area contributed by atoms with Crippen LogP contribution in [0.1, 0.15) is 41.7 Å². The second-order valence-electron chi connectivity index (χ2n) is 8.76. The van der Waals surface area contributed by atoms with Crippen LogP contribution in [0.3, 0.4) is 0 Å². The van der Waals surface area contributed by atoms with Crippen LogP contribution in [0.5, 0.6) is 0 Å². The second-order valence-corrected chi connectivity index (χ2v) is 9.54. The van der Waals surface area contributed by atoms with Crippen LogP contribution in [0, 0.1) is 0 Å². The van der Waals surface area contributed by atoms with E-state index in [0.717, 1.165) is 0 Å². The largest absolute Gasteiger partial charge is 2.00 e. The summed E-state index contributed by atoms with van der Waals surface area (Å²) >= 11 is 10.3. The quantitative estimate of drug-likeness (QED) is 0.0721. The van der Waals surface area contributed by atoms with Crippen molar-refractivity contribution in [3.05, 3.63) is 46.8 Å². The maximum absolute atomic E-state index is 12.7. The molecule has 4 bridgehead atoms. The third kappa shape index (κ3) is 9.06. The van der Waals surface area contributed by atoms with Crippen LogP contribution < -0.4 is 36.5 Å². The van der Waals surface area contributed by atoms with E-state index in [4.69, 9.17) is 35.7 Å². The summed E-state index contributed by atoms with van der Waals surface area (Å²) in [6.07, 6.45) is 0. The molecule has 0 atom stereocenters. The average Bonchev–Trinajstić information content (AvgIpc) is 2.94. The number of pyridine rings is 2. The Bertz CT molecular complexity index is 1210. The number of hydrogen-bond acceptors (Lipinski definition) is 11. The fourth-order valence-electron chi connectivity index (χ4n) is 3.86. The summed E-state index contributed by atoms with van der Waals surface area (Å²) in [6, 6.07) is 5.26. The molecule has 0 unspecified atom stereocenters. The number of nitrogens with two attached hydrogens (primary N) is 1. The molecule has 2 aromatic rings. The fraction of sp³-hybridized carbons (Fsp3) is 0.417. The summed E-state index contributed by atoms with van der Waals surface area (Å²) in [6.45, 7) is 2.34. The summed E-state index contributed by atoms with van der Waals surface area (Å²) in [4.78, 5) is 52.3. The minimum atomic E-state index is -0.607. The minimum Gasteiger partial charge on any atom is -0.705 e. The third-order valence-corrected chi connectivity index (χ3v) is 6.79. The molecule has 0 aromatic carbocycles. The molecule has 18 heteroatoms. The topological polar surface area (TPSA) is 203 Å². The van der Waals surface area contributed by atoms with E-state index in [0.29, 0.717) is 35.6 Å². The van der Waals surface area contributed by atoms with Crippen LogP contribution >= 0.6 is 0 Å². The summed E-state index contributed by atoms with van der Waals surface area (Å²) in [5.74, 6) is -2.34. The Morgan fingerprint density at radius 3 is 1.55 bits per heavy atom. The summed E-state index contributed by atoms with van der Waals surface area (Å²) < 4.78 is 6.35. The number of aromatic nitrogens is 2. The van der Waals surface area contributed by atoms with E-state index in [9.17, 15) is 29.6 Å². The zero-order valence-electron chi connectivity index (χ0n) is 22.4. The second kappa shape index (κ2) is 16.9. The standard InChI is InChI=1S/C24H32N8O7S2.Cu/c25-5-10-30-11-6-26-21(35)17-3-1-15(23(40)31(17)37)19(33)28-8-13-39-14-9-29-20(34)16-2-4-18(32(38)24(16)41)22(36)27-7-12-30;/h1-4,37-38H,5-14,25H2,(H4,26,27,28,29,33,34,35,36);/q;+2. The predicted octanol–water partition coefficient (Wildman–Crippen LogP) is -3.54. The minimum absolute atomic E-state index is 0. The molecule has 6 rings (SSSR count). The van der Waals surface area contributed by atoms with E-state index in [1.54, 1.807) is 0 Å². The molecule has 6 heterocycles. The van der Waals surface area contributed by atoms with Crippen molar-refractivity contribution < 1.29 is 60.9 Å². The van der Waals surface area contributed by atoms with Gasteiger partial charge >= 0.3 is 40.3 Å². The summed E-state index contributed by atoms with van der Waals surface area (Å²) in [5, 5.41) is 30.9. The van der Waals surface area contributed by atoms with Gasteiger partial charge in [-0.05, 0) is 21.6 Å². The van der Waals surface area contributed by atoms with Crippen LogP contribution in [0.15, 0.2) is 34.3 Å². The van der Waals surface area contributed by atoms with E-state index in [1.807, 2.05) is 4.90 Å². The molecule has 4 aliphatic heterocycles. The van der Waals surface area contributed by atoms with Crippen LogP contribution in [-0.2, 0) is 47.1 Å². The maximum atomic E-state index is 12.7. The molecule has 4 amide bonds. The molecule has 2 aromatic heterocycles. The van der Waals surface area contributed by atoms with E-state index < -0.39 is 23.6 Å². The van der Waals surface area contributed by atoms with Gasteiger partial charge in [-0.2, -0.15) is 0 Å². The SMILES string of the molecule is NCCN1CCNC(=O)c2ccc(c([S-])[n+]2O)C(=O)NCCOCCNC(=O)c2ccc([n+](O)c2[S-])C(=O)NCC1.[Cu+2]. The van der Waals surface area contributed by atoms with Crippen molar-refractivity contribution in [2.45, 2.75) is 10.1 Å². The van der Waals surface area contributed by atoms with Gasteiger partial charge in [-0.3, -0.25) is 34.5 Å². The third-order valence-electron chi connectivity index (χ3n) is 6.01. The van der Waals surface area contributed by atoms with Gasteiger partial charge in [0.1, 0.15) is 10.1 Å². The summed E-state index contributed by atoms with van der Waals surface area (Å²) in [7, 11) is 0. The van der Waals surface area contributed by atoms with Crippen molar-refractivity contribution in [2.24, 2.45) is 5.73 Å². The molecule has 231 valence electrons. The normalized spacial score (nSPS) is 16.6. The van der Waals surface area contributed by atoms with Crippen LogP contribution in [-0.4, -0.2) is 105 Å².